The van der Waals surface area contributed by atoms with Gasteiger partial charge in [0.05, 0.1) is 5.69 Å². The number of nitrogens with one attached hydrogen (secondary N) is 2. The zero-order valence-electron chi connectivity index (χ0n) is 18.9. The van der Waals surface area contributed by atoms with Gasteiger partial charge in [-0.15, -0.1) is 0 Å². The lowest BCUT2D eigenvalue weighted by Gasteiger charge is -2.37. The van der Waals surface area contributed by atoms with E-state index in [-0.39, 0.29) is 11.5 Å². The fourth-order valence-electron chi connectivity index (χ4n) is 4.60. The molecule has 170 valence electrons. The number of carbonyl (C=O) groups is 2. The quantitative estimate of drug-likeness (QED) is 0.329. The molecule has 0 bridgehead atoms. The highest BCUT2D eigenvalue weighted by atomic mass is 16.3. The van der Waals surface area contributed by atoms with E-state index in [0.29, 0.717) is 29.4 Å². The number of aromatic amines is 1. The first-order valence-corrected chi connectivity index (χ1v) is 11.4. The summed E-state index contributed by atoms with van der Waals surface area (Å²) >= 11 is 0. The molecule has 0 saturated carbocycles. The number of carbonyl (C=O) groups excluding carboxylic acids is 2. The van der Waals surface area contributed by atoms with Crippen molar-refractivity contribution in [2.75, 3.05) is 31.5 Å². The van der Waals surface area contributed by atoms with Crippen molar-refractivity contribution in [3.8, 4) is 0 Å². The molecule has 2 N–H and O–H groups in total. The van der Waals surface area contributed by atoms with Crippen LogP contribution < -0.4 is 5.32 Å². The number of nitrogens with zero attached hydrogens (tertiary/aromatic N) is 2. The summed E-state index contributed by atoms with van der Waals surface area (Å²) in [7, 11) is 0. The lowest BCUT2D eigenvalue weighted by Crippen LogP contribution is -2.48. The number of fused-ring (bicyclic) bond motifs is 2. The fraction of sp³-hybridized carbons (Fsp3) is 0.308. The first-order valence-electron chi connectivity index (χ1n) is 11.4. The molecule has 1 amide bonds. The highest BCUT2D eigenvalue weighted by Crippen LogP contribution is 2.27. The Morgan fingerprint density at radius 2 is 1.94 bits per heavy atom. The van der Waals surface area contributed by atoms with Gasteiger partial charge in [0.2, 0.25) is 12.2 Å². The Kier molecular flexibility index (Phi) is 5.74. The number of benzene rings is 2. The zero-order chi connectivity index (χ0) is 22.9. The molecule has 0 aliphatic carbocycles. The average molecular weight is 445 g/mol. The van der Waals surface area contributed by atoms with Crippen molar-refractivity contribution in [2.45, 2.75) is 26.4 Å². The number of hydrogen-bond acceptors (Lipinski definition) is 5. The predicted molar refractivity (Wildman–Crippen MR) is 130 cm³/mol. The van der Waals surface area contributed by atoms with Crippen LogP contribution >= 0.6 is 0 Å². The molecule has 5 rings (SSSR count). The van der Waals surface area contributed by atoms with Crippen LogP contribution in [0.25, 0.3) is 21.9 Å². The van der Waals surface area contributed by atoms with E-state index in [1.54, 1.807) is 24.3 Å². The van der Waals surface area contributed by atoms with E-state index in [1.807, 2.05) is 18.2 Å². The third-order valence-corrected chi connectivity index (χ3v) is 6.50. The molecule has 0 atom stereocenters. The van der Waals surface area contributed by atoms with Gasteiger partial charge in [-0.3, -0.25) is 19.4 Å². The van der Waals surface area contributed by atoms with Crippen LogP contribution in [-0.2, 0) is 11.3 Å². The molecule has 0 spiro atoms. The maximum atomic E-state index is 13.2. The number of furan rings is 1. The van der Waals surface area contributed by atoms with E-state index < -0.39 is 0 Å². The monoisotopic (exact) mass is 444 g/mol. The van der Waals surface area contributed by atoms with E-state index in [0.717, 1.165) is 49.0 Å². The molecule has 1 saturated heterocycles. The molecule has 33 heavy (non-hydrogen) atoms. The Hall–Kier alpha value is -3.42. The second-order valence-corrected chi connectivity index (χ2v) is 8.92. The van der Waals surface area contributed by atoms with Crippen molar-refractivity contribution < 1.29 is 14.0 Å². The standard InChI is InChI=1S/C26H28N4O3/c1-17(2)30-10-8-29(9-11-30)15-18-4-3-5-22-21(18)14-23(28-22)26(32)25-13-19-12-20(27-16-31)6-7-24(19)33-25/h3-7,12-14,16-17,28H,8-11,15H2,1-2H3,(H,27,31). The second-order valence-electron chi connectivity index (χ2n) is 8.92. The highest BCUT2D eigenvalue weighted by Gasteiger charge is 2.21. The van der Waals surface area contributed by atoms with Crippen molar-refractivity contribution >= 4 is 39.8 Å². The Labute approximate surface area is 192 Å². The molecule has 2 aromatic heterocycles. The molecule has 0 radical (unpaired) electrons. The Morgan fingerprint density at radius 1 is 1.12 bits per heavy atom. The number of amides is 1. The summed E-state index contributed by atoms with van der Waals surface area (Å²) in [6.07, 6.45) is 0.625. The molecule has 1 fully saturated rings. The summed E-state index contributed by atoms with van der Waals surface area (Å²) in [5.74, 6) is 0.0787. The van der Waals surface area contributed by atoms with Crippen LogP contribution in [0.1, 0.15) is 35.7 Å². The molecule has 2 aromatic carbocycles. The van der Waals surface area contributed by atoms with Gasteiger partial charge in [0, 0.05) is 60.7 Å². The minimum absolute atomic E-state index is 0.191. The summed E-state index contributed by atoms with van der Waals surface area (Å²) in [5.41, 5.74) is 3.93. The van der Waals surface area contributed by atoms with Crippen molar-refractivity contribution in [1.29, 1.82) is 0 Å². The molecule has 7 heteroatoms. The van der Waals surface area contributed by atoms with E-state index in [9.17, 15) is 9.59 Å². The number of H-pyrrole nitrogens is 1. The molecular formula is C26H28N4O3. The van der Waals surface area contributed by atoms with Gasteiger partial charge in [-0.05, 0) is 55.8 Å². The summed E-state index contributed by atoms with van der Waals surface area (Å²) in [6.45, 7) is 9.62. The minimum Gasteiger partial charge on any atom is -0.453 e. The lowest BCUT2D eigenvalue weighted by molar-refractivity contribution is -0.105. The highest BCUT2D eigenvalue weighted by molar-refractivity contribution is 6.10. The van der Waals surface area contributed by atoms with E-state index >= 15 is 0 Å². The van der Waals surface area contributed by atoms with Crippen LogP contribution in [0.5, 0.6) is 0 Å². The van der Waals surface area contributed by atoms with Gasteiger partial charge in [-0.25, -0.2) is 0 Å². The molecule has 1 aliphatic rings. The number of anilines is 1. The number of hydrogen-bond donors (Lipinski definition) is 2. The molecule has 0 unspecified atom stereocenters. The Morgan fingerprint density at radius 3 is 2.70 bits per heavy atom. The maximum Gasteiger partial charge on any atom is 0.244 e. The summed E-state index contributed by atoms with van der Waals surface area (Å²) < 4.78 is 5.80. The number of aromatic nitrogens is 1. The fourth-order valence-corrected chi connectivity index (χ4v) is 4.60. The van der Waals surface area contributed by atoms with Crippen LogP contribution in [0.4, 0.5) is 5.69 Å². The molecule has 3 heterocycles. The Balaban J connectivity index is 1.38. The van der Waals surface area contributed by atoms with Gasteiger partial charge in [0.25, 0.3) is 0 Å². The normalized spacial score (nSPS) is 15.5. The summed E-state index contributed by atoms with van der Waals surface area (Å²) in [5, 5.41) is 4.45. The summed E-state index contributed by atoms with van der Waals surface area (Å²) in [4.78, 5) is 32.1. The first-order chi connectivity index (χ1) is 16.0. The van der Waals surface area contributed by atoms with Crippen LogP contribution in [0.2, 0.25) is 0 Å². The predicted octanol–water partition coefficient (Wildman–Crippen LogP) is 4.24. The number of rotatable bonds is 7. The van der Waals surface area contributed by atoms with Crippen molar-refractivity contribution in [3.05, 3.63) is 65.5 Å². The zero-order valence-corrected chi connectivity index (χ0v) is 18.9. The van der Waals surface area contributed by atoms with E-state index in [1.165, 1.54) is 5.56 Å². The largest absolute Gasteiger partial charge is 0.453 e. The van der Waals surface area contributed by atoms with Gasteiger partial charge < -0.3 is 14.7 Å². The number of ketones is 1. The van der Waals surface area contributed by atoms with Gasteiger partial charge in [-0.2, -0.15) is 0 Å². The summed E-state index contributed by atoms with van der Waals surface area (Å²) in [6, 6.07) is 15.7. The van der Waals surface area contributed by atoms with E-state index in [2.05, 4.69) is 40.0 Å². The van der Waals surface area contributed by atoms with Gasteiger partial charge >= 0.3 is 0 Å². The molecular weight excluding hydrogens is 416 g/mol. The first kappa shape index (κ1) is 21.4. The molecule has 1 aliphatic heterocycles. The van der Waals surface area contributed by atoms with Crippen molar-refractivity contribution in [1.82, 2.24) is 14.8 Å². The van der Waals surface area contributed by atoms with Crippen molar-refractivity contribution in [2.24, 2.45) is 0 Å². The topological polar surface area (TPSA) is 81.6 Å². The van der Waals surface area contributed by atoms with E-state index in [4.69, 9.17) is 4.42 Å². The third-order valence-electron chi connectivity index (χ3n) is 6.50. The second kappa shape index (κ2) is 8.84. The van der Waals surface area contributed by atoms with Gasteiger partial charge in [-0.1, -0.05) is 12.1 Å². The van der Waals surface area contributed by atoms with Crippen LogP contribution in [0.15, 0.2) is 52.9 Å². The van der Waals surface area contributed by atoms with Gasteiger partial charge in [0.1, 0.15) is 5.58 Å². The Bertz CT molecular complexity index is 1310. The SMILES string of the molecule is CC(C)N1CCN(Cc2cccc3[nH]c(C(=O)c4cc5cc(NC=O)ccc5o4)cc23)CC1. The minimum atomic E-state index is -0.191. The maximum absolute atomic E-state index is 13.2. The number of piperazine rings is 1. The van der Waals surface area contributed by atoms with Crippen LogP contribution in [0.3, 0.4) is 0 Å². The van der Waals surface area contributed by atoms with Crippen molar-refractivity contribution in [3.63, 3.8) is 0 Å². The van der Waals surface area contributed by atoms with Crippen LogP contribution in [0, 0.1) is 0 Å². The third kappa shape index (κ3) is 4.29. The average Bonchev–Trinajstić information content (AvgIpc) is 3.44. The smallest absolute Gasteiger partial charge is 0.244 e. The molecule has 4 aromatic rings. The van der Waals surface area contributed by atoms with Gasteiger partial charge in [0.15, 0.2) is 5.76 Å². The lowest BCUT2D eigenvalue weighted by atomic mass is 10.1. The molecule has 7 nitrogen and oxygen atoms in total. The van der Waals surface area contributed by atoms with Crippen LogP contribution in [-0.4, -0.2) is 59.2 Å².